The molecule has 0 unspecified atom stereocenters. The largest absolute Gasteiger partial charge is 0.465 e. The average molecular weight is 154 g/mol. The Kier molecular flexibility index (Phi) is 3.63. The van der Waals surface area contributed by atoms with Crippen molar-refractivity contribution in [2.24, 2.45) is 5.41 Å². The lowest BCUT2D eigenvalue weighted by molar-refractivity contribution is -0.143. The minimum Gasteiger partial charge on any atom is -0.465 e. The van der Waals surface area contributed by atoms with Gasteiger partial charge in [-0.25, -0.2) is 0 Å². The molecule has 0 radical (unpaired) electrons. The molecule has 62 valence electrons. The van der Waals surface area contributed by atoms with Gasteiger partial charge in [0, 0.05) is 12.3 Å². The van der Waals surface area contributed by atoms with Gasteiger partial charge in [0.1, 0.15) is 6.61 Å². The van der Waals surface area contributed by atoms with Gasteiger partial charge in [0.2, 0.25) is 0 Å². The number of rotatable bonds is 3. The van der Waals surface area contributed by atoms with E-state index in [4.69, 9.17) is 4.74 Å². The predicted molar refractivity (Wildman–Crippen MR) is 44.1 cm³/mol. The Morgan fingerprint density at radius 1 is 1.73 bits per heavy atom. The maximum atomic E-state index is 10.4. The van der Waals surface area contributed by atoms with Crippen LogP contribution < -0.4 is 0 Å². The van der Waals surface area contributed by atoms with Gasteiger partial charge in [-0.2, -0.15) is 0 Å². The van der Waals surface area contributed by atoms with Gasteiger partial charge in [-0.15, -0.1) is 5.73 Å². The molecule has 2 heteroatoms. The zero-order chi connectivity index (χ0) is 8.91. The highest BCUT2D eigenvalue weighted by Gasteiger charge is 2.14. The molecule has 0 aliphatic heterocycles. The van der Waals surface area contributed by atoms with Gasteiger partial charge in [-0.3, -0.25) is 4.79 Å². The maximum Gasteiger partial charge on any atom is 0.302 e. The second-order valence-corrected chi connectivity index (χ2v) is 3.12. The Balaban J connectivity index is 3.91. The Morgan fingerprint density at radius 2 is 2.27 bits per heavy atom. The highest BCUT2D eigenvalue weighted by molar-refractivity contribution is 5.65. The van der Waals surface area contributed by atoms with Crippen LogP contribution in [0.3, 0.4) is 0 Å². The summed E-state index contributed by atoms with van der Waals surface area (Å²) in [5.41, 5.74) is 2.51. The normalized spacial score (nSPS) is 10.1. The summed E-state index contributed by atoms with van der Waals surface area (Å²) in [6.07, 6.45) is 1.79. The first-order valence-electron chi connectivity index (χ1n) is 3.48. The van der Waals surface area contributed by atoms with Crippen LogP contribution in [0, 0.1) is 5.41 Å². The van der Waals surface area contributed by atoms with Crippen molar-refractivity contribution in [3.05, 3.63) is 18.4 Å². The molecule has 0 aliphatic carbocycles. The number of carbonyl (C=O) groups is 1. The molecule has 0 aromatic carbocycles. The summed E-state index contributed by atoms with van der Waals surface area (Å²) in [5, 5.41) is 0. The molecule has 0 amide bonds. The number of hydrogen-bond donors (Lipinski definition) is 0. The first-order chi connectivity index (χ1) is 4.98. The number of esters is 1. The third kappa shape index (κ3) is 5.43. The Labute approximate surface area is 67.6 Å². The molecule has 0 saturated carbocycles. The molecule has 0 bridgehead atoms. The van der Waals surface area contributed by atoms with Crippen LogP contribution >= 0.6 is 0 Å². The smallest absolute Gasteiger partial charge is 0.302 e. The lowest BCUT2D eigenvalue weighted by Crippen LogP contribution is -2.17. The molecule has 11 heavy (non-hydrogen) atoms. The topological polar surface area (TPSA) is 26.3 Å². The molecule has 0 aliphatic rings. The standard InChI is InChI=1S/C9H14O2/c1-5-6-9(3,4)7-11-8(2)10/h6H,1,7H2,2-4H3. The lowest BCUT2D eigenvalue weighted by Gasteiger charge is -2.17. The molecule has 2 nitrogen and oxygen atoms in total. The molecule has 0 saturated heterocycles. The Bertz CT molecular complexity index is 186. The summed E-state index contributed by atoms with van der Waals surface area (Å²) in [6.45, 7) is 9.13. The zero-order valence-corrected chi connectivity index (χ0v) is 7.31. The Hall–Kier alpha value is -1.01. The van der Waals surface area contributed by atoms with E-state index in [1.54, 1.807) is 6.08 Å². The van der Waals surface area contributed by atoms with Gasteiger partial charge in [-0.05, 0) is 6.08 Å². The second kappa shape index (κ2) is 3.99. The van der Waals surface area contributed by atoms with Crippen molar-refractivity contribution >= 4 is 5.97 Å². The third-order valence-electron chi connectivity index (χ3n) is 1.14. The summed E-state index contributed by atoms with van der Waals surface area (Å²) < 4.78 is 4.82. The molecule has 0 N–H and O–H groups in total. The Morgan fingerprint density at radius 3 is 2.64 bits per heavy atom. The van der Waals surface area contributed by atoms with Crippen LogP contribution in [0.2, 0.25) is 0 Å². The highest BCUT2D eigenvalue weighted by Crippen LogP contribution is 2.16. The van der Waals surface area contributed by atoms with Gasteiger partial charge in [-0.1, -0.05) is 20.4 Å². The van der Waals surface area contributed by atoms with Crippen LogP contribution in [0.4, 0.5) is 0 Å². The molecule has 0 fully saturated rings. The molecular weight excluding hydrogens is 140 g/mol. The minimum atomic E-state index is -0.254. The second-order valence-electron chi connectivity index (χ2n) is 3.12. The van der Waals surface area contributed by atoms with E-state index in [0.29, 0.717) is 6.61 Å². The van der Waals surface area contributed by atoms with E-state index in [9.17, 15) is 4.79 Å². The molecule has 0 spiro atoms. The van der Waals surface area contributed by atoms with E-state index in [1.807, 2.05) is 13.8 Å². The van der Waals surface area contributed by atoms with Gasteiger partial charge < -0.3 is 4.74 Å². The van der Waals surface area contributed by atoms with E-state index in [2.05, 4.69) is 12.3 Å². The van der Waals surface area contributed by atoms with Gasteiger partial charge in [0.05, 0.1) is 0 Å². The highest BCUT2D eigenvalue weighted by atomic mass is 16.5. The summed E-state index contributed by atoms with van der Waals surface area (Å²) in [5.74, 6) is -0.254. The summed E-state index contributed by atoms with van der Waals surface area (Å²) in [6, 6.07) is 0. The van der Waals surface area contributed by atoms with Crippen LogP contribution in [0.15, 0.2) is 18.4 Å². The van der Waals surface area contributed by atoms with Gasteiger partial charge in [0.25, 0.3) is 0 Å². The molecule has 0 rings (SSSR count). The number of hydrogen-bond acceptors (Lipinski definition) is 2. The van der Waals surface area contributed by atoms with Crippen LogP contribution in [-0.2, 0) is 9.53 Å². The SMILES string of the molecule is C=C=CC(C)(C)COC(C)=O. The van der Waals surface area contributed by atoms with Crippen molar-refractivity contribution in [1.29, 1.82) is 0 Å². The van der Waals surface area contributed by atoms with E-state index < -0.39 is 0 Å². The summed E-state index contributed by atoms with van der Waals surface area (Å²) in [7, 11) is 0. The lowest BCUT2D eigenvalue weighted by atomic mass is 9.95. The van der Waals surface area contributed by atoms with Crippen molar-refractivity contribution in [2.45, 2.75) is 20.8 Å². The van der Waals surface area contributed by atoms with E-state index in [1.165, 1.54) is 6.92 Å². The number of ether oxygens (including phenoxy) is 1. The van der Waals surface area contributed by atoms with Crippen molar-refractivity contribution in [3.8, 4) is 0 Å². The fourth-order valence-electron chi connectivity index (χ4n) is 0.606. The van der Waals surface area contributed by atoms with Crippen molar-refractivity contribution < 1.29 is 9.53 Å². The van der Waals surface area contributed by atoms with E-state index in [0.717, 1.165) is 0 Å². The van der Waals surface area contributed by atoms with E-state index in [-0.39, 0.29) is 11.4 Å². The van der Waals surface area contributed by atoms with Gasteiger partial charge >= 0.3 is 5.97 Å². The van der Waals surface area contributed by atoms with Crippen LogP contribution in [0.1, 0.15) is 20.8 Å². The van der Waals surface area contributed by atoms with Crippen LogP contribution in [0.5, 0.6) is 0 Å². The van der Waals surface area contributed by atoms with Crippen LogP contribution in [0.25, 0.3) is 0 Å². The molecular formula is C9H14O2. The quantitative estimate of drug-likeness (QED) is 0.458. The monoisotopic (exact) mass is 154 g/mol. The fourth-order valence-corrected chi connectivity index (χ4v) is 0.606. The predicted octanol–water partition coefficient (Wildman–Crippen LogP) is 1.92. The van der Waals surface area contributed by atoms with Crippen molar-refractivity contribution in [2.75, 3.05) is 6.61 Å². The first kappa shape index (κ1) is 9.99. The zero-order valence-electron chi connectivity index (χ0n) is 7.31. The molecule has 0 aromatic rings. The molecule has 0 atom stereocenters. The fraction of sp³-hybridized carbons (Fsp3) is 0.556. The summed E-state index contributed by atoms with van der Waals surface area (Å²) >= 11 is 0. The van der Waals surface area contributed by atoms with Crippen molar-refractivity contribution in [1.82, 2.24) is 0 Å². The van der Waals surface area contributed by atoms with Gasteiger partial charge in [0.15, 0.2) is 0 Å². The third-order valence-corrected chi connectivity index (χ3v) is 1.14. The van der Waals surface area contributed by atoms with Crippen LogP contribution in [-0.4, -0.2) is 12.6 Å². The number of carbonyl (C=O) groups excluding carboxylic acids is 1. The first-order valence-corrected chi connectivity index (χ1v) is 3.48. The minimum absolute atomic E-state index is 0.159. The van der Waals surface area contributed by atoms with E-state index >= 15 is 0 Å². The average Bonchev–Trinajstić information content (AvgIpc) is 1.84. The molecule has 0 heterocycles. The summed E-state index contributed by atoms with van der Waals surface area (Å²) in [4.78, 5) is 10.4. The maximum absolute atomic E-state index is 10.4. The molecule has 0 aromatic heterocycles. The van der Waals surface area contributed by atoms with Crippen molar-refractivity contribution in [3.63, 3.8) is 0 Å².